The topological polar surface area (TPSA) is 66.1 Å². The number of nitrogens with zero attached hydrogens (tertiary/aromatic N) is 2. The van der Waals surface area contributed by atoms with Crippen molar-refractivity contribution in [3.8, 4) is 11.5 Å². The van der Waals surface area contributed by atoms with Gasteiger partial charge in [-0.3, -0.25) is 10.1 Å². The lowest BCUT2D eigenvalue weighted by Gasteiger charge is -2.22. The molecule has 0 aliphatic carbocycles. The van der Waals surface area contributed by atoms with Gasteiger partial charge in [-0.25, -0.2) is 0 Å². The van der Waals surface area contributed by atoms with Crippen molar-refractivity contribution in [2.24, 2.45) is 0 Å². The highest BCUT2D eigenvalue weighted by atomic mass is 32.2. The molecular weight excluding hydrogens is 412 g/mol. The van der Waals surface area contributed by atoms with Crippen LogP contribution in [0.25, 0.3) is 0 Å². The van der Waals surface area contributed by atoms with E-state index in [1.165, 1.54) is 12.1 Å². The van der Waals surface area contributed by atoms with Gasteiger partial charge in [-0.2, -0.15) is 0 Å². The van der Waals surface area contributed by atoms with Crippen LogP contribution in [-0.4, -0.2) is 62.6 Å². The summed E-state index contributed by atoms with van der Waals surface area (Å²) in [5, 5.41) is 6.55. The number of likely N-dealkylation sites (N-methyl/N-ethyl adjacent to an activating group) is 1. The molecule has 2 saturated heterocycles. The van der Waals surface area contributed by atoms with Crippen molar-refractivity contribution in [1.29, 1.82) is 0 Å². The van der Waals surface area contributed by atoms with E-state index in [9.17, 15) is 4.79 Å². The van der Waals surface area contributed by atoms with Gasteiger partial charge in [-0.15, -0.1) is 11.8 Å². The maximum absolute atomic E-state index is 12.8. The third-order valence-corrected chi connectivity index (χ3v) is 7.46. The summed E-state index contributed by atoms with van der Waals surface area (Å²) in [4.78, 5) is 17.5. The van der Waals surface area contributed by atoms with Crippen molar-refractivity contribution < 1.29 is 14.3 Å². The molecule has 0 aromatic heterocycles. The first-order valence-corrected chi connectivity index (χ1v) is 11.7. The Morgan fingerprint density at radius 3 is 2.74 bits per heavy atom. The number of nitrogens with one attached hydrogen (secondary N) is 2. The first kappa shape index (κ1) is 20.5. The smallest absolute Gasteiger partial charge is 0.242 e. The fourth-order valence-corrected chi connectivity index (χ4v) is 5.51. The van der Waals surface area contributed by atoms with Gasteiger partial charge < -0.3 is 24.6 Å². The molecule has 7 nitrogen and oxygen atoms in total. The molecule has 0 radical (unpaired) electrons. The molecule has 3 unspecified atom stereocenters. The van der Waals surface area contributed by atoms with E-state index in [-0.39, 0.29) is 24.1 Å². The zero-order valence-corrected chi connectivity index (χ0v) is 18.7. The summed E-state index contributed by atoms with van der Waals surface area (Å²) in [6.45, 7) is 2.38. The van der Waals surface area contributed by atoms with E-state index in [4.69, 9.17) is 9.47 Å². The Hall–Kier alpha value is -2.42. The average molecular weight is 441 g/mol. The molecule has 2 fully saturated rings. The van der Waals surface area contributed by atoms with Gasteiger partial charge in [0.05, 0.1) is 11.4 Å². The van der Waals surface area contributed by atoms with Crippen molar-refractivity contribution in [3.63, 3.8) is 0 Å². The van der Waals surface area contributed by atoms with Crippen LogP contribution < -0.4 is 25.0 Å². The van der Waals surface area contributed by atoms with E-state index in [2.05, 4.69) is 46.7 Å². The Kier molecular flexibility index (Phi) is 5.69. The van der Waals surface area contributed by atoms with Crippen LogP contribution >= 0.6 is 11.8 Å². The van der Waals surface area contributed by atoms with Crippen LogP contribution in [0.4, 0.5) is 11.4 Å². The predicted molar refractivity (Wildman–Crippen MR) is 124 cm³/mol. The second kappa shape index (κ2) is 8.61. The SMILES string of the molecule is CN(C)C1CCN(c2ccc(NC(=O)C3CSC(c4ccc5c(c4)OCO5)N3)cc2)C1. The molecular formula is C23H28N4O3S. The second-order valence-corrected chi connectivity index (χ2v) is 9.57. The highest BCUT2D eigenvalue weighted by Gasteiger charge is 2.31. The first-order valence-electron chi connectivity index (χ1n) is 10.7. The third kappa shape index (κ3) is 4.33. The predicted octanol–water partition coefficient (Wildman–Crippen LogP) is 2.90. The number of rotatable bonds is 5. The van der Waals surface area contributed by atoms with Crippen LogP contribution in [0.3, 0.4) is 0 Å². The minimum atomic E-state index is -0.237. The molecule has 0 bridgehead atoms. The van der Waals surface area contributed by atoms with Gasteiger partial charge in [0.1, 0.15) is 0 Å². The molecule has 3 heterocycles. The number of ether oxygens (including phenoxy) is 2. The summed E-state index contributed by atoms with van der Waals surface area (Å²) in [7, 11) is 4.28. The van der Waals surface area contributed by atoms with E-state index in [0.717, 1.165) is 41.6 Å². The Morgan fingerprint density at radius 2 is 1.97 bits per heavy atom. The second-order valence-electron chi connectivity index (χ2n) is 8.43. The Labute approximate surface area is 187 Å². The van der Waals surface area contributed by atoms with Crippen LogP contribution in [0, 0.1) is 0 Å². The molecule has 8 heteroatoms. The molecule has 2 aromatic carbocycles. The minimum Gasteiger partial charge on any atom is -0.454 e. The Bertz CT molecular complexity index is 952. The van der Waals surface area contributed by atoms with Gasteiger partial charge >= 0.3 is 0 Å². The van der Waals surface area contributed by atoms with Crippen LogP contribution in [0.2, 0.25) is 0 Å². The lowest BCUT2D eigenvalue weighted by Crippen LogP contribution is -2.38. The number of anilines is 2. The monoisotopic (exact) mass is 440 g/mol. The highest BCUT2D eigenvalue weighted by Crippen LogP contribution is 2.39. The van der Waals surface area contributed by atoms with Crippen molar-refractivity contribution in [2.45, 2.75) is 23.9 Å². The number of thioether (sulfide) groups is 1. The maximum atomic E-state index is 12.8. The van der Waals surface area contributed by atoms with E-state index >= 15 is 0 Å². The quantitative estimate of drug-likeness (QED) is 0.741. The molecule has 2 N–H and O–H groups in total. The lowest BCUT2D eigenvalue weighted by atomic mass is 10.2. The Balaban J connectivity index is 1.16. The zero-order valence-electron chi connectivity index (χ0n) is 17.8. The molecule has 3 atom stereocenters. The van der Waals surface area contributed by atoms with Crippen LogP contribution in [-0.2, 0) is 4.79 Å². The number of amides is 1. The largest absolute Gasteiger partial charge is 0.454 e. The molecule has 5 rings (SSSR count). The minimum absolute atomic E-state index is 0.00247. The molecule has 31 heavy (non-hydrogen) atoms. The molecule has 3 aliphatic rings. The molecule has 2 aromatic rings. The zero-order chi connectivity index (χ0) is 21.4. The summed E-state index contributed by atoms with van der Waals surface area (Å²) in [6.07, 6.45) is 1.18. The maximum Gasteiger partial charge on any atom is 0.242 e. The van der Waals surface area contributed by atoms with Crippen molar-refractivity contribution in [2.75, 3.05) is 49.9 Å². The van der Waals surface area contributed by atoms with Gasteiger partial charge in [0, 0.05) is 36.3 Å². The fourth-order valence-electron chi connectivity index (χ4n) is 4.27. The van der Waals surface area contributed by atoms with Gasteiger partial charge in [-0.1, -0.05) is 6.07 Å². The highest BCUT2D eigenvalue weighted by molar-refractivity contribution is 7.99. The lowest BCUT2D eigenvalue weighted by molar-refractivity contribution is -0.117. The van der Waals surface area contributed by atoms with Crippen molar-refractivity contribution in [1.82, 2.24) is 10.2 Å². The number of carbonyl (C=O) groups excluding carboxylic acids is 1. The Morgan fingerprint density at radius 1 is 1.16 bits per heavy atom. The van der Waals surface area contributed by atoms with Crippen molar-refractivity contribution >= 4 is 29.0 Å². The van der Waals surface area contributed by atoms with Gasteiger partial charge in [0.15, 0.2) is 11.5 Å². The third-order valence-electron chi connectivity index (χ3n) is 6.19. The molecule has 1 amide bonds. The molecule has 0 saturated carbocycles. The van der Waals surface area contributed by atoms with Crippen LogP contribution in [0.15, 0.2) is 42.5 Å². The number of fused-ring (bicyclic) bond motifs is 1. The number of hydrogen-bond donors (Lipinski definition) is 2. The number of carbonyl (C=O) groups is 1. The molecule has 164 valence electrons. The van der Waals surface area contributed by atoms with Crippen LogP contribution in [0.1, 0.15) is 17.4 Å². The van der Waals surface area contributed by atoms with Gasteiger partial charge in [-0.05, 0) is 62.5 Å². The van der Waals surface area contributed by atoms with Crippen molar-refractivity contribution in [3.05, 3.63) is 48.0 Å². The summed E-state index contributed by atoms with van der Waals surface area (Å²) >= 11 is 1.73. The van der Waals surface area contributed by atoms with E-state index < -0.39 is 0 Å². The van der Waals surface area contributed by atoms with Crippen LogP contribution in [0.5, 0.6) is 11.5 Å². The number of benzene rings is 2. The van der Waals surface area contributed by atoms with Gasteiger partial charge in [0.25, 0.3) is 0 Å². The summed E-state index contributed by atoms with van der Waals surface area (Å²) in [5.41, 5.74) is 3.13. The molecule has 3 aliphatic heterocycles. The first-order chi connectivity index (χ1) is 15.1. The standard InChI is InChI=1S/C23H28N4O3S/c1-26(2)18-9-10-27(12-18)17-6-4-16(5-7-17)24-22(28)19-13-31-23(25-19)15-3-8-20-21(11-15)30-14-29-20/h3-8,11,18-19,23,25H,9-10,12-14H2,1-2H3,(H,24,28). The molecule has 0 spiro atoms. The fraction of sp³-hybridized carbons (Fsp3) is 0.435. The number of hydrogen-bond acceptors (Lipinski definition) is 7. The summed E-state index contributed by atoms with van der Waals surface area (Å²) in [6, 6.07) is 14.5. The van der Waals surface area contributed by atoms with E-state index in [0.29, 0.717) is 6.04 Å². The average Bonchev–Trinajstić information content (AvgIpc) is 3.54. The normalized spacial score (nSPS) is 24.7. The summed E-state index contributed by atoms with van der Waals surface area (Å²) in [5.74, 6) is 2.26. The van der Waals surface area contributed by atoms with Gasteiger partial charge in [0.2, 0.25) is 12.7 Å². The van der Waals surface area contributed by atoms with E-state index in [1.54, 1.807) is 11.8 Å². The summed E-state index contributed by atoms with van der Waals surface area (Å²) < 4.78 is 10.9. The van der Waals surface area contributed by atoms with E-state index in [1.807, 2.05) is 30.3 Å².